The van der Waals surface area contributed by atoms with Crippen molar-refractivity contribution in [1.82, 2.24) is 14.5 Å². The second-order valence-electron chi connectivity index (χ2n) is 6.76. The van der Waals surface area contributed by atoms with Gasteiger partial charge in [0.2, 0.25) is 21.8 Å². The SMILES string of the molecule is CCC(C(=O)NC)N(Cc1ccccc1)C(=O)CN(C)S(=O)(=O)c1ccc(Cl)cc1. The van der Waals surface area contributed by atoms with Gasteiger partial charge in [-0.05, 0) is 36.2 Å². The Morgan fingerprint density at radius 1 is 1.07 bits per heavy atom. The Bertz CT molecular complexity index is 966. The highest BCUT2D eigenvalue weighted by molar-refractivity contribution is 7.89. The van der Waals surface area contributed by atoms with Crippen LogP contribution in [0.5, 0.6) is 0 Å². The number of amides is 2. The van der Waals surface area contributed by atoms with Crippen molar-refractivity contribution >= 4 is 33.4 Å². The Morgan fingerprint density at radius 2 is 1.67 bits per heavy atom. The van der Waals surface area contributed by atoms with Crippen LogP contribution in [0.3, 0.4) is 0 Å². The van der Waals surface area contributed by atoms with E-state index in [9.17, 15) is 18.0 Å². The number of benzene rings is 2. The Hall–Kier alpha value is -2.42. The monoisotopic (exact) mass is 451 g/mol. The molecule has 0 aliphatic heterocycles. The summed E-state index contributed by atoms with van der Waals surface area (Å²) in [7, 11) is -1.04. The molecule has 0 fully saturated rings. The van der Waals surface area contributed by atoms with Crippen molar-refractivity contribution in [2.45, 2.75) is 30.8 Å². The van der Waals surface area contributed by atoms with E-state index in [1.807, 2.05) is 30.3 Å². The number of rotatable bonds is 9. The van der Waals surface area contributed by atoms with Crippen LogP contribution in [-0.2, 0) is 26.2 Å². The van der Waals surface area contributed by atoms with Crippen molar-refractivity contribution in [3.8, 4) is 0 Å². The maximum Gasteiger partial charge on any atom is 0.243 e. The number of sulfonamides is 1. The molecular formula is C21H26ClN3O4S. The van der Waals surface area contributed by atoms with Gasteiger partial charge in [0.1, 0.15) is 6.04 Å². The number of hydrogen-bond donors (Lipinski definition) is 1. The first-order valence-corrected chi connectivity index (χ1v) is 11.3. The summed E-state index contributed by atoms with van der Waals surface area (Å²) in [4.78, 5) is 27.0. The third kappa shape index (κ3) is 5.81. The van der Waals surface area contributed by atoms with Crippen LogP contribution in [0.2, 0.25) is 5.02 Å². The fourth-order valence-corrected chi connectivity index (χ4v) is 4.27. The zero-order valence-corrected chi connectivity index (χ0v) is 18.8. The van der Waals surface area contributed by atoms with Crippen molar-refractivity contribution < 1.29 is 18.0 Å². The second-order valence-corrected chi connectivity index (χ2v) is 9.24. The normalized spacial score (nSPS) is 12.4. The largest absolute Gasteiger partial charge is 0.357 e. The average molecular weight is 452 g/mol. The molecule has 9 heteroatoms. The third-order valence-corrected chi connectivity index (χ3v) is 6.78. The predicted molar refractivity (Wildman–Crippen MR) is 116 cm³/mol. The molecular weight excluding hydrogens is 426 g/mol. The number of nitrogens with zero attached hydrogens (tertiary/aromatic N) is 2. The fourth-order valence-electron chi connectivity index (χ4n) is 3.02. The summed E-state index contributed by atoms with van der Waals surface area (Å²) in [5.41, 5.74) is 0.844. The summed E-state index contributed by atoms with van der Waals surface area (Å²) in [6, 6.07) is 14.3. The molecule has 2 aromatic rings. The molecule has 7 nitrogen and oxygen atoms in total. The van der Waals surface area contributed by atoms with Crippen LogP contribution in [0.4, 0.5) is 0 Å². The molecule has 0 heterocycles. The maximum atomic E-state index is 13.1. The molecule has 162 valence electrons. The standard InChI is InChI=1S/C21H26ClN3O4S/c1-4-19(21(27)23-2)25(14-16-8-6-5-7-9-16)20(26)15-24(3)30(28,29)18-12-10-17(22)11-13-18/h5-13,19H,4,14-15H2,1-3H3,(H,23,27). The van der Waals surface area contributed by atoms with E-state index < -0.39 is 28.5 Å². The average Bonchev–Trinajstić information content (AvgIpc) is 2.74. The van der Waals surface area contributed by atoms with Crippen molar-refractivity contribution in [3.63, 3.8) is 0 Å². The van der Waals surface area contributed by atoms with E-state index in [4.69, 9.17) is 11.6 Å². The van der Waals surface area contributed by atoms with Crippen molar-refractivity contribution in [2.75, 3.05) is 20.6 Å². The third-order valence-electron chi connectivity index (χ3n) is 4.71. The van der Waals surface area contributed by atoms with Crippen LogP contribution in [0, 0.1) is 0 Å². The van der Waals surface area contributed by atoms with Gasteiger partial charge >= 0.3 is 0 Å². The number of carbonyl (C=O) groups excluding carboxylic acids is 2. The minimum absolute atomic E-state index is 0.0372. The Kier molecular flexibility index (Phi) is 8.40. The lowest BCUT2D eigenvalue weighted by Gasteiger charge is -2.31. The minimum atomic E-state index is -3.89. The Labute approximate surface area is 182 Å². The first kappa shape index (κ1) is 23.9. The second kappa shape index (κ2) is 10.6. The fraction of sp³-hybridized carbons (Fsp3) is 0.333. The van der Waals surface area contributed by atoms with Gasteiger partial charge in [0, 0.05) is 25.7 Å². The van der Waals surface area contributed by atoms with E-state index in [-0.39, 0.29) is 17.3 Å². The summed E-state index contributed by atoms with van der Waals surface area (Å²) < 4.78 is 26.6. The van der Waals surface area contributed by atoms with Crippen molar-refractivity contribution in [3.05, 3.63) is 65.2 Å². The van der Waals surface area contributed by atoms with Gasteiger partial charge in [0.25, 0.3) is 0 Å². The molecule has 30 heavy (non-hydrogen) atoms. The van der Waals surface area contributed by atoms with E-state index in [1.54, 1.807) is 6.92 Å². The summed E-state index contributed by atoms with van der Waals surface area (Å²) in [6.07, 6.45) is 0.395. The van der Waals surface area contributed by atoms with Gasteiger partial charge in [-0.25, -0.2) is 8.42 Å². The first-order chi connectivity index (χ1) is 14.2. The van der Waals surface area contributed by atoms with Crippen molar-refractivity contribution in [2.24, 2.45) is 0 Å². The molecule has 0 saturated carbocycles. The molecule has 2 aromatic carbocycles. The molecule has 0 saturated heterocycles. The number of likely N-dealkylation sites (N-methyl/N-ethyl adjacent to an activating group) is 2. The smallest absolute Gasteiger partial charge is 0.243 e. The van der Waals surface area contributed by atoms with Crippen LogP contribution < -0.4 is 5.32 Å². The van der Waals surface area contributed by atoms with Crippen LogP contribution in [0.1, 0.15) is 18.9 Å². The van der Waals surface area contributed by atoms with Gasteiger partial charge < -0.3 is 10.2 Å². The number of halogens is 1. The predicted octanol–water partition coefficient (Wildman–Crippen LogP) is 2.51. The number of carbonyl (C=O) groups is 2. The van der Waals surface area contributed by atoms with Crippen LogP contribution >= 0.6 is 11.6 Å². The highest BCUT2D eigenvalue weighted by Crippen LogP contribution is 2.19. The highest BCUT2D eigenvalue weighted by atomic mass is 35.5. The molecule has 1 atom stereocenters. The van der Waals surface area contributed by atoms with Gasteiger partial charge in [-0.2, -0.15) is 4.31 Å². The Morgan fingerprint density at radius 3 is 2.20 bits per heavy atom. The maximum absolute atomic E-state index is 13.1. The lowest BCUT2D eigenvalue weighted by molar-refractivity contribution is -0.141. The van der Waals surface area contributed by atoms with Gasteiger partial charge in [-0.3, -0.25) is 9.59 Å². The van der Waals surface area contributed by atoms with Gasteiger partial charge in [0.15, 0.2) is 0 Å². The number of nitrogens with one attached hydrogen (secondary N) is 1. The molecule has 0 aliphatic carbocycles. The summed E-state index contributed by atoms with van der Waals surface area (Å²) >= 11 is 5.83. The van der Waals surface area contributed by atoms with Crippen molar-refractivity contribution in [1.29, 1.82) is 0 Å². The Balaban J connectivity index is 2.27. The first-order valence-electron chi connectivity index (χ1n) is 9.47. The van der Waals surface area contributed by atoms with Gasteiger partial charge in [-0.1, -0.05) is 48.9 Å². The molecule has 1 N–H and O–H groups in total. The zero-order valence-electron chi connectivity index (χ0n) is 17.2. The summed E-state index contributed by atoms with van der Waals surface area (Å²) in [5, 5.41) is 2.99. The summed E-state index contributed by atoms with van der Waals surface area (Å²) in [6.45, 7) is 1.60. The molecule has 0 aliphatic rings. The lowest BCUT2D eigenvalue weighted by Crippen LogP contribution is -2.51. The van der Waals surface area contributed by atoms with Gasteiger partial charge in [-0.15, -0.1) is 0 Å². The van der Waals surface area contributed by atoms with Crippen LogP contribution in [0.15, 0.2) is 59.5 Å². The van der Waals surface area contributed by atoms with Crippen LogP contribution in [0.25, 0.3) is 0 Å². The molecule has 2 amide bonds. The van der Waals surface area contributed by atoms with E-state index in [1.165, 1.54) is 43.3 Å². The van der Waals surface area contributed by atoms with Gasteiger partial charge in [0.05, 0.1) is 11.4 Å². The molecule has 2 rings (SSSR count). The van der Waals surface area contributed by atoms with E-state index in [2.05, 4.69) is 5.32 Å². The zero-order chi connectivity index (χ0) is 22.3. The molecule has 0 bridgehead atoms. The summed E-state index contributed by atoms with van der Waals surface area (Å²) in [5.74, 6) is -0.765. The van der Waals surface area contributed by atoms with Crippen LogP contribution in [-0.4, -0.2) is 56.1 Å². The minimum Gasteiger partial charge on any atom is -0.357 e. The van der Waals surface area contributed by atoms with E-state index >= 15 is 0 Å². The molecule has 0 aromatic heterocycles. The number of hydrogen-bond acceptors (Lipinski definition) is 4. The van der Waals surface area contributed by atoms with E-state index in [0.29, 0.717) is 11.4 Å². The topological polar surface area (TPSA) is 86.8 Å². The quantitative estimate of drug-likeness (QED) is 0.634. The highest BCUT2D eigenvalue weighted by Gasteiger charge is 2.31. The molecule has 0 spiro atoms. The molecule has 1 unspecified atom stereocenters. The van der Waals surface area contributed by atoms with E-state index in [0.717, 1.165) is 9.87 Å². The molecule has 0 radical (unpaired) electrons. The lowest BCUT2D eigenvalue weighted by atomic mass is 10.1.